The number of carbonyl (C=O) groups is 2. The van der Waals surface area contributed by atoms with Gasteiger partial charge in [0.25, 0.3) is 5.78 Å². The number of sulfonamides is 1. The Hall–Kier alpha value is -3.34. The second kappa shape index (κ2) is 9.51. The number of phenols is 2. The van der Waals surface area contributed by atoms with Crippen molar-refractivity contribution in [1.29, 1.82) is 0 Å². The topological polar surface area (TPSA) is 187 Å². The van der Waals surface area contributed by atoms with Crippen LogP contribution < -0.4 is 4.72 Å². The van der Waals surface area contributed by atoms with Crippen molar-refractivity contribution in [2.45, 2.75) is 35.2 Å². The highest BCUT2D eigenvalue weighted by Gasteiger charge is 2.45. The number of hydrogen-bond donors (Lipinski definition) is 4. The molecule has 0 radical (unpaired) electrons. The molecule has 13 nitrogen and oxygen atoms in total. The minimum absolute atomic E-state index is 0.0310. The molecule has 16 heteroatoms. The molecule has 1 amide bonds. The van der Waals surface area contributed by atoms with Gasteiger partial charge < -0.3 is 15.3 Å². The van der Waals surface area contributed by atoms with Crippen LogP contribution in [-0.4, -0.2) is 77.0 Å². The summed E-state index contributed by atoms with van der Waals surface area (Å²) in [6.07, 6.45) is 0.339. The standard InChI is InChI=1S/C21H20N6O7S3/c1-10-4-18(36-9-11-8-35-17-6-16(30)26(17)19(11)20(31)32)27-21(23-10)24-15(25-27)7-22-37(33,34)12-2-3-13(28)14(29)5-12/h2-5,17,22,28-29H,6-9H2,1H3,(H,31,32). The number of benzene rings is 1. The van der Waals surface area contributed by atoms with E-state index < -0.39 is 27.5 Å². The zero-order valence-electron chi connectivity index (χ0n) is 19.2. The van der Waals surface area contributed by atoms with Gasteiger partial charge in [-0.1, -0.05) is 0 Å². The number of β-lactam (4-membered cyclic amide) rings is 1. The van der Waals surface area contributed by atoms with E-state index in [1.54, 1.807) is 13.0 Å². The molecule has 2 aliphatic heterocycles. The molecule has 4 N–H and O–H groups in total. The Morgan fingerprint density at radius 3 is 2.73 bits per heavy atom. The highest BCUT2D eigenvalue weighted by molar-refractivity contribution is 8.01. The molecule has 5 rings (SSSR count). The van der Waals surface area contributed by atoms with E-state index in [0.29, 0.717) is 34.2 Å². The van der Waals surface area contributed by atoms with Crippen molar-refractivity contribution >= 4 is 51.2 Å². The third-order valence-electron chi connectivity index (χ3n) is 5.66. The van der Waals surface area contributed by atoms with E-state index in [-0.39, 0.29) is 40.0 Å². The van der Waals surface area contributed by atoms with Crippen LogP contribution in [0.4, 0.5) is 0 Å². The predicted octanol–water partition coefficient (Wildman–Crippen LogP) is 1.06. The van der Waals surface area contributed by atoms with Crippen LogP contribution in [0.2, 0.25) is 0 Å². The molecule has 1 fully saturated rings. The summed E-state index contributed by atoms with van der Waals surface area (Å²) >= 11 is 2.84. The minimum Gasteiger partial charge on any atom is -0.504 e. The van der Waals surface area contributed by atoms with Crippen LogP contribution >= 0.6 is 23.5 Å². The van der Waals surface area contributed by atoms with E-state index in [1.165, 1.54) is 32.9 Å². The number of nitrogens with one attached hydrogen (secondary N) is 1. The molecule has 2 aliphatic rings. The molecule has 37 heavy (non-hydrogen) atoms. The minimum atomic E-state index is -4.03. The molecule has 1 unspecified atom stereocenters. The number of phenolic OH excluding ortho intramolecular Hbond substituents is 2. The Morgan fingerprint density at radius 1 is 1.24 bits per heavy atom. The quantitative estimate of drug-likeness (QED) is 0.132. The zero-order valence-corrected chi connectivity index (χ0v) is 21.6. The molecule has 1 atom stereocenters. The number of aryl methyl sites for hydroxylation is 1. The van der Waals surface area contributed by atoms with Crippen molar-refractivity contribution in [1.82, 2.24) is 29.2 Å². The fraction of sp³-hybridized carbons (Fsp3) is 0.286. The van der Waals surface area contributed by atoms with Gasteiger partial charge in [-0.3, -0.25) is 9.69 Å². The van der Waals surface area contributed by atoms with Crippen LogP contribution in [0.15, 0.2) is 45.5 Å². The lowest BCUT2D eigenvalue weighted by Crippen LogP contribution is -2.54. The summed E-state index contributed by atoms with van der Waals surface area (Å²) in [5.41, 5.74) is 1.29. The Kier molecular flexibility index (Phi) is 6.51. The SMILES string of the molecule is Cc1cc(SCC2=C(C(=O)O)N3C(=O)CC3SC2)n2nc(CNS(=O)(=O)c3ccc(O)c(O)c3)nc2n1. The van der Waals surface area contributed by atoms with Crippen LogP contribution in [-0.2, 0) is 26.2 Å². The molecule has 0 aliphatic carbocycles. The normalized spacial score (nSPS) is 17.7. The molecular weight excluding hydrogens is 544 g/mol. The maximum atomic E-state index is 12.6. The van der Waals surface area contributed by atoms with Crippen LogP contribution in [0.1, 0.15) is 17.9 Å². The maximum Gasteiger partial charge on any atom is 0.352 e. The molecule has 3 aromatic rings. The summed E-state index contributed by atoms with van der Waals surface area (Å²) in [6, 6.07) is 4.90. The number of thioether (sulfide) groups is 2. The predicted molar refractivity (Wildman–Crippen MR) is 132 cm³/mol. The highest BCUT2D eigenvalue weighted by atomic mass is 32.2. The number of fused-ring (bicyclic) bond motifs is 2. The zero-order chi connectivity index (χ0) is 26.5. The van der Waals surface area contributed by atoms with Crippen molar-refractivity contribution in [3.63, 3.8) is 0 Å². The van der Waals surface area contributed by atoms with Gasteiger partial charge in [-0.2, -0.15) is 9.50 Å². The van der Waals surface area contributed by atoms with Crippen molar-refractivity contribution in [2.75, 3.05) is 11.5 Å². The van der Waals surface area contributed by atoms with Gasteiger partial charge in [-0.25, -0.2) is 22.9 Å². The fourth-order valence-corrected chi connectivity index (χ4v) is 7.29. The summed E-state index contributed by atoms with van der Waals surface area (Å²) in [4.78, 5) is 33.6. The third-order valence-corrected chi connectivity index (χ3v) is 9.41. The van der Waals surface area contributed by atoms with Crippen molar-refractivity contribution in [3.05, 3.63) is 47.1 Å². The van der Waals surface area contributed by atoms with Gasteiger partial charge in [0.1, 0.15) is 10.7 Å². The Morgan fingerprint density at radius 2 is 2.03 bits per heavy atom. The van der Waals surface area contributed by atoms with E-state index in [9.17, 15) is 33.3 Å². The highest BCUT2D eigenvalue weighted by Crippen LogP contribution is 2.41. The number of rotatable bonds is 8. The first-order valence-corrected chi connectivity index (χ1v) is 14.3. The number of amides is 1. The molecule has 1 saturated heterocycles. The van der Waals surface area contributed by atoms with Crippen LogP contribution in [0, 0.1) is 6.92 Å². The molecule has 1 aromatic carbocycles. The largest absolute Gasteiger partial charge is 0.504 e. The Bertz CT molecular complexity index is 1590. The first-order chi connectivity index (χ1) is 17.5. The van der Waals surface area contributed by atoms with E-state index in [4.69, 9.17) is 0 Å². The van der Waals surface area contributed by atoms with Gasteiger partial charge >= 0.3 is 5.97 Å². The van der Waals surface area contributed by atoms with Crippen molar-refractivity contribution in [2.24, 2.45) is 0 Å². The number of hydrogen-bond acceptors (Lipinski definition) is 11. The number of carboxylic acid groups (broad SMARTS) is 1. The fourth-order valence-electron chi connectivity index (χ4n) is 3.84. The lowest BCUT2D eigenvalue weighted by atomic mass is 10.1. The third kappa shape index (κ3) is 4.84. The number of aromatic nitrogens is 4. The van der Waals surface area contributed by atoms with Crippen LogP contribution in [0.25, 0.3) is 5.78 Å². The van der Waals surface area contributed by atoms with Crippen LogP contribution in [0.5, 0.6) is 11.5 Å². The summed E-state index contributed by atoms with van der Waals surface area (Å²) in [7, 11) is -4.03. The second-order valence-corrected chi connectivity index (χ2v) is 12.2. The van der Waals surface area contributed by atoms with E-state index in [2.05, 4.69) is 19.8 Å². The Labute approximate surface area is 218 Å². The smallest absolute Gasteiger partial charge is 0.352 e. The first kappa shape index (κ1) is 25.3. The van der Waals surface area contributed by atoms with Gasteiger partial charge in [0.05, 0.1) is 23.2 Å². The maximum absolute atomic E-state index is 12.6. The van der Waals surface area contributed by atoms with Crippen LogP contribution in [0.3, 0.4) is 0 Å². The summed E-state index contributed by atoms with van der Waals surface area (Å²) in [6.45, 7) is 1.50. The van der Waals surface area contributed by atoms with Crippen molar-refractivity contribution in [3.8, 4) is 11.5 Å². The number of carboxylic acids is 1. The lowest BCUT2D eigenvalue weighted by molar-refractivity contribution is -0.146. The van der Waals surface area contributed by atoms with E-state index in [0.717, 1.165) is 18.2 Å². The van der Waals surface area contributed by atoms with E-state index >= 15 is 0 Å². The molecule has 0 bridgehead atoms. The molecule has 194 valence electrons. The summed E-state index contributed by atoms with van der Waals surface area (Å²) in [5, 5.41) is 33.6. The van der Waals surface area contributed by atoms with Gasteiger partial charge in [-0.15, -0.1) is 28.6 Å². The molecule has 0 spiro atoms. The molecule has 0 saturated carbocycles. The van der Waals surface area contributed by atoms with E-state index in [1.807, 2.05) is 0 Å². The number of aromatic hydroxyl groups is 2. The van der Waals surface area contributed by atoms with Gasteiger partial charge in [-0.05, 0) is 30.7 Å². The number of nitrogens with zero attached hydrogens (tertiary/aromatic N) is 5. The number of carbonyl (C=O) groups excluding carboxylic acids is 1. The summed E-state index contributed by atoms with van der Waals surface area (Å²) in [5.74, 6) is -1.18. The molecular formula is C21H20N6O7S3. The van der Waals surface area contributed by atoms with Gasteiger partial charge in [0, 0.05) is 23.3 Å². The molecule has 4 heterocycles. The van der Waals surface area contributed by atoms with Crippen molar-refractivity contribution < 1.29 is 33.3 Å². The van der Waals surface area contributed by atoms with Gasteiger partial charge in [0.2, 0.25) is 15.9 Å². The molecule has 2 aromatic heterocycles. The summed E-state index contributed by atoms with van der Waals surface area (Å²) < 4.78 is 28.9. The Balaban J connectivity index is 1.36. The average Bonchev–Trinajstić information content (AvgIpc) is 3.25. The number of aliphatic carboxylic acids is 1. The average molecular weight is 565 g/mol. The second-order valence-electron chi connectivity index (χ2n) is 8.23. The monoisotopic (exact) mass is 564 g/mol. The first-order valence-electron chi connectivity index (χ1n) is 10.8. The lowest BCUT2D eigenvalue weighted by Gasteiger charge is -2.44. The van der Waals surface area contributed by atoms with Gasteiger partial charge in [0.15, 0.2) is 17.3 Å².